The van der Waals surface area contributed by atoms with Gasteiger partial charge in [0.1, 0.15) is 19.3 Å². The van der Waals surface area contributed by atoms with Crippen LogP contribution < -0.4 is 14.8 Å². The van der Waals surface area contributed by atoms with Gasteiger partial charge in [0.25, 0.3) is 11.8 Å². The summed E-state index contributed by atoms with van der Waals surface area (Å²) < 4.78 is 11.0. The number of rotatable bonds is 4. The number of hydrogen-bond donors (Lipinski definition) is 1. The molecular weight excluding hydrogens is 360 g/mol. The van der Waals surface area contributed by atoms with E-state index in [1.54, 1.807) is 56.3 Å². The molecule has 2 aromatic carbocycles. The first-order chi connectivity index (χ1) is 13.5. The number of nitrogens with zero attached hydrogens (tertiary/aromatic N) is 1. The van der Waals surface area contributed by atoms with Crippen molar-refractivity contribution in [3.63, 3.8) is 0 Å². The largest absolute Gasteiger partial charge is 0.486 e. The van der Waals surface area contributed by atoms with Gasteiger partial charge in [-0.1, -0.05) is 26.0 Å². The lowest BCUT2D eigenvalue weighted by Crippen LogP contribution is -2.50. The topological polar surface area (TPSA) is 84.9 Å². The van der Waals surface area contributed by atoms with Crippen LogP contribution >= 0.6 is 0 Å². The Hall–Kier alpha value is -3.35. The number of carbonyl (C=O) groups excluding carboxylic acids is 3. The number of nitrogens with one attached hydrogen (secondary N) is 1. The van der Waals surface area contributed by atoms with Crippen LogP contribution in [0.5, 0.6) is 11.5 Å². The first kappa shape index (κ1) is 18.0. The van der Waals surface area contributed by atoms with Gasteiger partial charge in [-0.05, 0) is 30.2 Å². The maximum atomic E-state index is 13.0. The van der Waals surface area contributed by atoms with Gasteiger partial charge in [-0.25, -0.2) is 0 Å². The van der Waals surface area contributed by atoms with Crippen LogP contribution in [0.3, 0.4) is 0 Å². The lowest BCUT2D eigenvalue weighted by atomic mass is 10.0. The zero-order valence-corrected chi connectivity index (χ0v) is 15.6. The molecule has 2 heterocycles. The zero-order chi connectivity index (χ0) is 19.8. The Labute approximate surface area is 162 Å². The highest BCUT2D eigenvalue weighted by molar-refractivity contribution is 6.23. The van der Waals surface area contributed by atoms with E-state index < -0.39 is 23.8 Å². The van der Waals surface area contributed by atoms with E-state index >= 15 is 0 Å². The van der Waals surface area contributed by atoms with E-state index in [0.717, 1.165) is 4.90 Å². The molecule has 3 amide bonds. The number of benzene rings is 2. The minimum atomic E-state index is -0.930. The Bertz CT molecular complexity index is 934. The molecular formula is C21H20N2O5. The smallest absolute Gasteiger partial charge is 0.262 e. The van der Waals surface area contributed by atoms with Crippen molar-refractivity contribution in [2.45, 2.75) is 19.9 Å². The van der Waals surface area contributed by atoms with Crippen molar-refractivity contribution in [2.24, 2.45) is 5.92 Å². The average molecular weight is 380 g/mol. The van der Waals surface area contributed by atoms with Crippen molar-refractivity contribution < 1.29 is 23.9 Å². The van der Waals surface area contributed by atoms with Gasteiger partial charge < -0.3 is 14.8 Å². The highest BCUT2D eigenvalue weighted by atomic mass is 16.6. The highest BCUT2D eigenvalue weighted by Crippen LogP contribution is 2.33. The Morgan fingerprint density at radius 1 is 0.964 bits per heavy atom. The molecule has 2 aromatic rings. The van der Waals surface area contributed by atoms with Gasteiger partial charge in [-0.15, -0.1) is 0 Å². The van der Waals surface area contributed by atoms with Crippen LogP contribution in [-0.2, 0) is 4.79 Å². The number of carbonyl (C=O) groups is 3. The van der Waals surface area contributed by atoms with E-state index in [-0.39, 0.29) is 5.92 Å². The van der Waals surface area contributed by atoms with Crippen LogP contribution in [0.15, 0.2) is 42.5 Å². The third-order valence-corrected chi connectivity index (χ3v) is 4.81. The number of hydrogen-bond acceptors (Lipinski definition) is 5. The SMILES string of the molecule is CC(C)[C@@H](C(=O)Nc1ccc2c(c1)OCCO2)N1C(=O)c2ccccc2C1=O. The fourth-order valence-corrected chi connectivity index (χ4v) is 3.52. The number of ether oxygens (including phenoxy) is 2. The van der Waals surface area contributed by atoms with Crippen molar-refractivity contribution >= 4 is 23.4 Å². The number of imide groups is 1. The normalized spacial score (nSPS) is 16.2. The van der Waals surface area contributed by atoms with E-state index in [9.17, 15) is 14.4 Å². The second-order valence-electron chi connectivity index (χ2n) is 7.06. The molecule has 0 saturated heterocycles. The summed E-state index contributed by atoms with van der Waals surface area (Å²) in [6.07, 6.45) is 0. The van der Waals surface area contributed by atoms with Crippen molar-refractivity contribution in [1.82, 2.24) is 4.90 Å². The molecule has 7 nitrogen and oxygen atoms in total. The summed E-state index contributed by atoms with van der Waals surface area (Å²) in [6, 6.07) is 10.8. The second-order valence-corrected chi connectivity index (χ2v) is 7.06. The fraction of sp³-hybridized carbons (Fsp3) is 0.286. The standard InChI is InChI=1S/C21H20N2O5/c1-12(2)18(23-20(25)14-5-3-4-6-15(14)21(23)26)19(24)22-13-7-8-16-17(11-13)28-10-9-27-16/h3-8,11-12,18H,9-10H2,1-2H3,(H,22,24)/t18-/m0/s1. The summed E-state index contributed by atoms with van der Waals surface area (Å²) in [7, 11) is 0. The summed E-state index contributed by atoms with van der Waals surface area (Å²) in [4.78, 5) is 39.7. The minimum Gasteiger partial charge on any atom is -0.486 e. The molecule has 144 valence electrons. The molecule has 0 saturated carbocycles. The van der Waals surface area contributed by atoms with Crippen LogP contribution in [0.4, 0.5) is 5.69 Å². The minimum absolute atomic E-state index is 0.264. The molecule has 1 atom stereocenters. The molecule has 0 fully saturated rings. The molecule has 2 aliphatic rings. The summed E-state index contributed by atoms with van der Waals surface area (Å²) in [6.45, 7) is 4.52. The molecule has 0 bridgehead atoms. The van der Waals surface area contributed by atoms with Crippen LogP contribution in [0.2, 0.25) is 0 Å². The Morgan fingerprint density at radius 3 is 2.18 bits per heavy atom. The van der Waals surface area contributed by atoms with E-state index in [4.69, 9.17) is 9.47 Å². The maximum absolute atomic E-state index is 13.0. The Balaban J connectivity index is 1.60. The molecule has 28 heavy (non-hydrogen) atoms. The van der Waals surface area contributed by atoms with Crippen molar-refractivity contribution in [3.8, 4) is 11.5 Å². The summed E-state index contributed by atoms with van der Waals surface area (Å²) in [5, 5.41) is 2.80. The summed E-state index contributed by atoms with van der Waals surface area (Å²) in [5.74, 6) is -0.426. The van der Waals surface area contributed by atoms with Gasteiger partial charge in [0.05, 0.1) is 11.1 Å². The van der Waals surface area contributed by atoms with E-state index in [0.29, 0.717) is 41.5 Å². The quantitative estimate of drug-likeness (QED) is 0.825. The van der Waals surface area contributed by atoms with E-state index in [2.05, 4.69) is 5.32 Å². The predicted octanol–water partition coefficient (Wildman–Crippen LogP) is 2.72. The lowest BCUT2D eigenvalue weighted by molar-refractivity contribution is -0.121. The van der Waals surface area contributed by atoms with Gasteiger partial charge in [0.2, 0.25) is 5.91 Å². The lowest BCUT2D eigenvalue weighted by Gasteiger charge is -2.28. The maximum Gasteiger partial charge on any atom is 0.262 e. The highest BCUT2D eigenvalue weighted by Gasteiger charge is 2.43. The van der Waals surface area contributed by atoms with E-state index in [1.807, 2.05) is 0 Å². The second kappa shape index (κ2) is 6.99. The van der Waals surface area contributed by atoms with E-state index in [1.165, 1.54) is 0 Å². The number of fused-ring (bicyclic) bond motifs is 2. The fourth-order valence-electron chi connectivity index (χ4n) is 3.52. The first-order valence-corrected chi connectivity index (χ1v) is 9.15. The molecule has 0 unspecified atom stereocenters. The summed E-state index contributed by atoms with van der Waals surface area (Å²) >= 11 is 0. The Morgan fingerprint density at radius 2 is 1.57 bits per heavy atom. The molecule has 4 rings (SSSR count). The number of amides is 3. The molecule has 0 aliphatic carbocycles. The third kappa shape index (κ3) is 2.98. The van der Waals surface area contributed by atoms with Crippen LogP contribution in [0.1, 0.15) is 34.6 Å². The predicted molar refractivity (Wildman–Crippen MR) is 102 cm³/mol. The molecule has 0 radical (unpaired) electrons. The van der Waals surface area contributed by atoms with Gasteiger partial charge in [-0.2, -0.15) is 0 Å². The molecule has 1 N–H and O–H groups in total. The van der Waals surface area contributed by atoms with Gasteiger partial charge >= 0.3 is 0 Å². The molecule has 0 aromatic heterocycles. The average Bonchev–Trinajstić information content (AvgIpc) is 2.93. The van der Waals surface area contributed by atoms with Crippen LogP contribution in [0.25, 0.3) is 0 Å². The number of anilines is 1. The zero-order valence-electron chi connectivity index (χ0n) is 15.6. The van der Waals surface area contributed by atoms with Crippen LogP contribution in [-0.4, -0.2) is 41.9 Å². The monoisotopic (exact) mass is 380 g/mol. The Kier molecular flexibility index (Phi) is 4.50. The van der Waals surface area contributed by atoms with Gasteiger partial charge in [0, 0.05) is 11.8 Å². The van der Waals surface area contributed by atoms with Gasteiger partial charge in [0.15, 0.2) is 11.5 Å². The third-order valence-electron chi connectivity index (χ3n) is 4.81. The molecule has 0 spiro atoms. The van der Waals surface area contributed by atoms with Crippen molar-refractivity contribution in [3.05, 3.63) is 53.6 Å². The molecule has 7 heteroatoms. The van der Waals surface area contributed by atoms with Crippen molar-refractivity contribution in [2.75, 3.05) is 18.5 Å². The van der Waals surface area contributed by atoms with Crippen molar-refractivity contribution in [1.29, 1.82) is 0 Å². The molecule has 2 aliphatic heterocycles. The first-order valence-electron chi connectivity index (χ1n) is 9.15. The van der Waals surface area contributed by atoms with Crippen LogP contribution in [0, 0.1) is 5.92 Å². The summed E-state index contributed by atoms with van der Waals surface area (Å²) in [5.41, 5.74) is 1.16. The van der Waals surface area contributed by atoms with Gasteiger partial charge in [-0.3, -0.25) is 19.3 Å².